The van der Waals surface area contributed by atoms with Crippen molar-refractivity contribution in [2.75, 3.05) is 25.1 Å². The number of nitrogens with one attached hydrogen (secondary N) is 1. The van der Waals surface area contributed by atoms with Gasteiger partial charge in [0.2, 0.25) is 5.95 Å². The molecule has 0 saturated carbocycles. The Hall–Kier alpha value is -1.27. The minimum atomic E-state index is -0.476. The maximum Gasteiger partial charge on any atom is 0.223 e. The zero-order chi connectivity index (χ0) is 11.4. The summed E-state index contributed by atoms with van der Waals surface area (Å²) in [5.41, 5.74) is -0.448. The van der Waals surface area contributed by atoms with Crippen LogP contribution >= 0.6 is 0 Å². The van der Waals surface area contributed by atoms with Gasteiger partial charge in [0.15, 0.2) is 5.82 Å². The molecule has 2 heterocycles. The standard InChI is InChI=1S/C10H14FN3O2/c11-8-5-12-9(13-6-8)14-10(7-15)1-3-16-4-2-10/h5-6,15H,1-4,7H2,(H,12,13,14). The van der Waals surface area contributed by atoms with Gasteiger partial charge >= 0.3 is 0 Å². The number of halogens is 1. The molecule has 0 atom stereocenters. The van der Waals surface area contributed by atoms with Crippen molar-refractivity contribution in [2.24, 2.45) is 0 Å². The summed E-state index contributed by atoms with van der Waals surface area (Å²) >= 11 is 0. The Morgan fingerprint density at radius 2 is 2.00 bits per heavy atom. The van der Waals surface area contributed by atoms with Crippen LogP contribution in [0.1, 0.15) is 12.8 Å². The van der Waals surface area contributed by atoms with Gasteiger partial charge in [-0.3, -0.25) is 0 Å². The van der Waals surface area contributed by atoms with Crippen LogP contribution in [0, 0.1) is 5.82 Å². The van der Waals surface area contributed by atoms with Crippen molar-refractivity contribution in [3.63, 3.8) is 0 Å². The van der Waals surface area contributed by atoms with E-state index in [0.717, 1.165) is 12.4 Å². The molecular formula is C10H14FN3O2. The Balaban J connectivity index is 2.08. The quantitative estimate of drug-likeness (QED) is 0.790. The highest BCUT2D eigenvalue weighted by Gasteiger charge is 2.32. The number of anilines is 1. The number of ether oxygens (including phenoxy) is 1. The highest BCUT2D eigenvalue weighted by molar-refractivity contribution is 5.28. The van der Waals surface area contributed by atoms with Crippen LogP contribution in [-0.2, 0) is 4.74 Å². The monoisotopic (exact) mass is 227 g/mol. The van der Waals surface area contributed by atoms with E-state index in [1.165, 1.54) is 0 Å². The summed E-state index contributed by atoms with van der Waals surface area (Å²) in [5, 5.41) is 12.5. The molecule has 1 saturated heterocycles. The molecule has 5 nitrogen and oxygen atoms in total. The number of rotatable bonds is 3. The number of aliphatic hydroxyl groups is 1. The lowest BCUT2D eigenvalue weighted by Crippen LogP contribution is -2.47. The number of aromatic nitrogens is 2. The fourth-order valence-electron chi connectivity index (χ4n) is 1.70. The first-order chi connectivity index (χ1) is 7.74. The van der Waals surface area contributed by atoms with Crippen molar-refractivity contribution >= 4 is 5.95 Å². The summed E-state index contributed by atoms with van der Waals surface area (Å²) in [6, 6.07) is 0. The van der Waals surface area contributed by atoms with Crippen LogP contribution in [-0.4, -0.2) is 40.4 Å². The first kappa shape index (κ1) is 11.2. The van der Waals surface area contributed by atoms with E-state index < -0.39 is 11.4 Å². The lowest BCUT2D eigenvalue weighted by molar-refractivity contribution is 0.0377. The summed E-state index contributed by atoms with van der Waals surface area (Å²) in [4.78, 5) is 7.63. The molecule has 6 heteroatoms. The molecule has 2 N–H and O–H groups in total. The topological polar surface area (TPSA) is 67.3 Å². The van der Waals surface area contributed by atoms with Gasteiger partial charge in [-0.05, 0) is 12.8 Å². The van der Waals surface area contributed by atoms with E-state index in [2.05, 4.69) is 15.3 Å². The Morgan fingerprint density at radius 3 is 2.56 bits per heavy atom. The predicted octanol–water partition coefficient (Wildman–Crippen LogP) is 0.569. The van der Waals surface area contributed by atoms with Gasteiger partial charge in [0.05, 0.1) is 24.5 Å². The first-order valence-electron chi connectivity index (χ1n) is 5.18. The summed E-state index contributed by atoms with van der Waals surface area (Å²) in [6.07, 6.45) is 3.56. The molecule has 0 unspecified atom stereocenters. The predicted molar refractivity (Wildman–Crippen MR) is 55.5 cm³/mol. The van der Waals surface area contributed by atoms with Crippen molar-refractivity contribution < 1.29 is 14.2 Å². The second kappa shape index (κ2) is 4.71. The third-order valence-electron chi connectivity index (χ3n) is 2.75. The molecule has 0 aliphatic carbocycles. The molecule has 0 bridgehead atoms. The van der Waals surface area contributed by atoms with Gasteiger partial charge in [-0.1, -0.05) is 0 Å². The lowest BCUT2D eigenvalue weighted by atomic mass is 9.91. The van der Waals surface area contributed by atoms with Crippen molar-refractivity contribution in [3.05, 3.63) is 18.2 Å². The Kier molecular flexibility index (Phi) is 3.31. The maximum absolute atomic E-state index is 12.6. The SMILES string of the molecule is OCC1(Nc2ncc(F)cn2)CCOCC1. The van der Waals surface area contributed by atoms with E-state index in [0.29, 0.717) is 32.0 Å². The molecule has 1 aliphatic rings. The van der Waals surface area contributed by atoms with Gasteiger partial charge < -0.3 is 15.2 Å². The molecule has 16 heavy (non-hydrogen) atoms. The Labute approximate surface area is 92.7 Å². The van der Waals surface area contributed by atoms with Gasteiger partial charge in [-0.15, -0.1) is 0 Å². The van der Waals surface area contributed by atoms with Crippen LogP contribution in [0.4, 0.5) is 10.3 Å². The lowest BCUT2D eigenvalue weighted by Gasteiger charge is -2.36. The third-order valence-corrected chi connectivity index (χ3v) is 2.75. The fourth-order valence-corrected chi connectivity index (χ4v) is 1.70. The van der Waals surface area contributed by atoms with E-state index in [4.69, 9.17) is 4.74 Å². The number of hydrogen-bond donors (Lipinski definition) is 2. The average Bonchev–Trinajstić information content (AvgIpc) is 2.33. The Bertz CT molecular complexity index is 338. The van der Waals surface area contributed by atoms with Crippen LogP contribution in [0.2, 0.25) is 0 Å². The number of hydrogen-bond acceptors (Lipinski definition) is 5. The van der Waals surface area contributed by atoms with Crippen molar-refractivity contribution in [1.82, 2.24) is 9.97 Å². The minimum absolute atomic E-state index is 0.0168. The van der Waals surface area contributed by atoms with E-state index in [-0.39, 0.29) is 6.61 Å². The molecule has 2 rings (SSSR count). The van der Waals surface area contributed by atoms with Crippen molar-refractivity contribution in [1.29, 1.82) is 0 Å². The third kappa shape index (κ3) is 2.45. The molecule has 1 aromatic heterocycles. The average molecular weight is 227 g/mol. The van der Waals surface area contributed by atoms with Gasteiger partial charge in [-0.2, -0.15) is 0 Å². The normalized spacial score (nSPS) is 19.4. The Morgan fingerprint density at radius 1 is 1.38 bits per heavy atom. The van der Waals surface area contributed by atoms with Crippen LogP contribution < -0.4 is 5.32 Å². The smallest absolute Gasteiger partial charge is 0.223 e. The van der Waals surface area contributed by atoms with E-state index in [9.17, 15) is 9.50 Å². The maximum atomic E-state index is 12.6. The first-order valence-corrected chi connectivity index (χ1v) is 5.18. The largest absolute Gasteiger partial charge is 0.394 e. The second-order valence-corrected chi connectivity index (χ2v) is 3.90. The van der Waals surface area contributed by atoms with Gasteiger partial charge in [0.25, 0.3) is 0 Å². The van der Waals surface area contributed by atoms with Crippen molar-refractivity contribution in [3.8, 4) is 0 Å². The highest BCUT2D eigenvalue weighted by atomic mass is 19.1. The summed E-state index contributed by atoms with van der Waals surface area (Å²) in [5.74, 6) is -0.145. The van der Waals surface area contributed by atoms with Crippen LogP contribution in [0.15, 0.2) is 12.4 Å². The van der Waals surface area contributed by atoms with Crippen LogP contribution in [0.3, 0.4) is 0 Å². The van der Waals surface area contributed by atoms with Gasteiger partial charge in [-0.25, -0.2) is 14.4 Å². The molecular weight excluding hydrogens is 213 g/mol. The van der Waals surface area contributed by atoms with Crippen molar-refractivity contribution in [2.45, 2.75) is 18.4 Å². The summed E-state index contributed by atoms with van der Waals surface area (Å²) in [7, 11) is 0. The van der Waals surface area contributed by atoms with E-state index in [1.54, 1.807) is 0 Å². The molecule has 1 aromatic rings. The van der Waals surface area contributed by atoms with Gasteiger partial charge in [0, 0.05) is 13.2 Å². The zero-order valence-electron chi connectivity index (χ0n) is 8.82. The van der Waals surface area contributed by atoms with E-state index >= 15 is 0 Å². The molecule has 0 amide bonds. The highest BCUT2D eigenvalue weighted by Crippen LogP contribution is 2.23. The van der Waals surface area contributed by atoms with Crippen LogP contribution in [0.5, 0.6) is 0 Å². The molecule has 88 valence electrons. The number of aliphatic hydroxyl groups excluding tert-OH is 1. The van der Waals surface area contributed by atoms with Crippen LogP contribution in [0.25, 0.3) is 0 Å². The fraction of sp³-hybridized carbons (Fsp3) is 0.600. The minimum Gasteiger partial charge on any atom is -0.394 e. The molecule has 1 fully saturated rings. The summed E-state index contributed by atoms with van der Waals surface area (Å²) in [6.45, 7) is 1.17. The van der Waals surface area contributed by atoms with Gasteiger partial charge in [0.1, 0.15) is 0 Å². The second-order valence-electron chi connectivity index (χ2n) is 3.90. The zero-order valence-corrected chi connectivity index (χ0v) is 8.82. The van der Waals surface area contributed by atoms with E-state index in [1.807, 2.05) is 0 Å². The molecule has 0 spiro atoms. The molecule has 0 radical (unpaired) electrons. The number of nitrogens with zero attached hydrogens (tertiary/aromatic N) is 2. The summed E-state index contributed by atoms with van der Waals surface area (Å²) < 4.78 is 17.9. The molecule has 1 aliphatic heterocycles. The molecule has 0 aromatic carbocycles.